The number of hydrogen-bond acceptors (Lipinski definition) is 4. The fraction of sp³-hybridized carbons (Fsp3) is 0.208. The highest BCUT2D eigenvalue weighted by Gasteiger charge is 2.35. The van der Waals surface area contributed by atoms with Crippen LogP contribution in [0.5, 0.6) is 0 Å². The largest absolute Gasteiger partial charge is 0.352 e. The highest BCUT2D eigenvalue weighted by molar-refractivity contribution is 8.18. The fourth-order valence-corrected chi connectivity index (χ4v) is 4.56. The lowest BCUT2D eigenvalue weighted by Crippen LogP contribution is -2.29. The number of hydrogen-bond donors (Lipinski definition) is 1. The third-order valence-corrected chi connectivity index (χ3v) is 6.40. The van der Waals surface area contributed by atoms with Gasteiger partial charge in [-0.2, -0.15) is 0 Å². The molecule has 1 aromatic heterocycles. The van der Waals surface area contributed by atoms with Crippen LogP contribution in [0.2, 0.25) is 0 Å². The van der Waals surface area contributed by atoms with E-state index in [0.717, 1.165) is 46.0 Å². The van der Waals surface area contributed by atoms with Crippen LogP contribution in [0.4, 0.5) is 9.18 Å². The van der Waals surface area contributed by atoms with E-state index in [1.165, 1.54) is 12.1 Å². The Hall–Kier alpha value is -3.39. The van der Waals surface area contributed by atoms with Gasteiger partial charge in [-0.15, -0.1) is 0 Å². The molecule has 1 aliphatic heterocycles. The highest BCUT2D eigenvalue weighted by atomic mass is 32.2. The van der Waals surface area contributed by atoms with Gasteiger partial charge in [0.25, 0.3) is 11.1 Å². The van der Waals surface area contributed by atoms with E-state index in [-0.39, 0.29) is 42.0 Å². The Morgan fingerprint density at radius 1 is 1.12 bits per heavy atom. The highest BCUT2D eigenvalue weighted by Crippen LogP contribution is 2.35. The van der Waals surface area contributed by atoms with Crippen LogP contribution < -0.4 is 5.32 Å². The lowest BCUT2D eigenvalue weighted by Gasteiger charge is -2.12. The van der Waals surface area contributed by atoms with Gasteiger partial charge in [0.15, 0.2) is 0 Å². The van der Waals surface area contributed by atoms with Crippen molar-refractivity contribution >= 4 is 45.8 Å². The van der Waals surface area contributed by atoms with Crippen molar-refractivity contribution in [3.8, 4) is 0 Å². The molecule has 0 spiro atoms. The van der Waals surface area contributed by atoms with Gasteiger partial charge in [0.05, 0.1) is 11.4 Å². The average molecular weight is 450 g/mol. The van der Waals surface area contributed by atoms with E-state index in [1.54, 1.807) is 18.2 Å². The summed E-state index contributed by atoms with van der Waals surface area (Å²) in [6, 6.07) is 13.7. The summed E-state index contributed by atoms with van der Waals surface area (Å²) in [5, 5.41) is 3.52. The molecule has 0 bridgehead atoms. The zero-order chi connectivity index (χ0) is 22.2. The number of imide groups is 1. The Bertz CT molecular complexity index is 1260. The maximum atomic E-state index is 13.1. The van der Waals surface area contributed by atoms with Crippen LogP contribution in [-0.2, 0) is 22.7 Å². The molecule has 2 heterocycles. The number of aromatic nitrogens is 1. The number of halogens is 1. The van der Waals surface area contributed by atoms with Gasteiger partial charge >= 0.3 is 0 Å². The first-order valence-electron chi connectivity index (χ1n) is 10.3. The van der Waals surface area contributed by atoms with Crippen LogP contribution in [0.3, 0.4) is 0 Å². The number of rotatable bonds is 6. The smallest absolute Gasteiger partial charge is 0.293 e. The number of para-hydroxylation sites is 1. The molecular formula is C24H20FN3O3S. The number of amides is 3. The van der Waals surface area contributed by atoms with Gasteiger partial charge in [0.2, 0.25) is 5.91 Å². The summed E-state index contributed by atoms with van der Waals surface area (Å²) >= 11 is 0.883. The number of carbonyl (C=O) groups excluding carboxylic acids is 3. The zero-order valence-electron chi connectivity index (χ0n) is 17.1. The molecule has 162 valence electrons. The van der Waals surface area contributed by atoms with Crippen molar-refractivity contribution in [2.75, 3.05) is 0 Å². The molecule has 0 radical (unpaired) electrons. The molecule has 2 aromatic carbocycles. The molecule has 0 unspecified atom stereocenters. The molecule has 0 atom stereocenters. The SMILES string of the molecule is O=C(Cn1cc(/C=C2\SC(=O)N(Cc3ccc(F)cc3)C2=O)c2ccccc21)NC1CC1. The fourth-order valence-electron chi connectivity index (χ4n) is 3.73. The minimum atomic E-state index is -0.382. The van der Waals surface area contributed by atoms with Gasteiger partial charge in [-0.25, -0.2) is 4.39 Å². The predicted molar refractivity (Wildman–Crippen MR) is 121 cm³/mol. The molecule has 8 heteroatoms. The molecule has 32 heavy (non-hydrogen) atoms. The second-order valence-corrected chi connectivity index (χ2v) is 8.96. The first-order valence-corrected chi connectivity index (χ1v) is 11.2. The van der Waals surface area contributed by atoms with Gasteiger partial charge in [-0.05, 0) is 54.4 Å². The van der Waals surface area contributed by atoms with Crippen molar-refractivity contribution in [1.29, 1.82) is 0 Å². The number of nitrogens with one attached hydrogen (secondary N) is 1. The number of nitrogens with zero attached hydrogens (tertiary/aromatic N) is 2. The van der Waals surface area contributed by atoms with Crippen molar-refractivity contribution in [2.45, 2.75) is 32.0 Å². The molecule has 3 amide bonds. The molecule has 1 saturated carbocycles. The Morgan fingerprint density at radius 3 is 2.62 bits per heavy atom. The molecule has 5 rings (SSSR count). The summed E-state index contributed by atoms with van der Waals surface area (Å²) in [6.45, 7) is 0.280. The first kappa shape index (κ1) is 20.5. The zero-order valence-corrected chi connectivity index (χ0v) is 17.9. The minimum absolute atomic E-state index is 0.0422. The van der Waals surface area contributed by atoms with Crippen LogP contribution in [0.25, 0.3) is 17.0 Å². The van der Waals surface area contributed by atoms with Crippen LogP contribution >= 0.6 is 11.8 Å². The normalized spacial score (nSPS) is 17.5. The first-order chi connectivity index (χ1) is 15.5. The molecular weight excluding hydrogens is 429 g/mol. The van der Waals surface area contributed by atoms with Crippen molar-refractivity contribution in [3.63, 3.8) is 0 Å². The predicted octanol–water partition coefficient (Wildman–Crippen LogP) is 4.30. The van der Waals surface area contributed by atoms with Crippen LogP contribution in [0.15, 0.2) is 59.6 Å². The van der Waals surface area contributed by atoms with Gasteiger partial charge < -0.3 is 9.88 Å². The van der Waals surface area contributed by atoms with Crippen LogP contribution in [-0.4, -0.2) is 32.6 Å². The monoisotopic (exact) mass is 449 g/mol. The van der Waals surface area contributed by atoms with E-state index in [0.29, 0.717) is 10.5 Å². The third kappa shape index (κ3) is 4.18. The lowest BCUT2D eigenvalue weighted by atomic mass is 10.1. The van der Waals surface area contributed by atoms with E-state index in [9.17, 15) is 18.8 Å². The third-order valence-electron chi connectivity index (χ3n) is 5.49. The van der Waals surface area contributed by atoms with Crippen LogP contribution in [0, 0.1) is 5.82 Å². The second kappa shape index (κ2) is 8.27. The molecule has 3 aromatic rings. The maximum absolute atomic E-state index is 13.1. The molecule has 1 aliphatic carbocycles. The Labute approximate surface area is 188 Å². The number of fused-ring (bicyclic) bond motifs is 1. The van der Waals surface area contributed by atoms with E-state index in [4.69, 9.17) is 0 Å². The molecule has 1 saturated heterocycles. The average Bonchev–Trinajstić information content (AvgIpc) is 3.48. The molecule has 1 N–H and O–H groups in total. The van der Waals surface area contributed by atoms with Crippen molar-refractivity contribution in [2.24, 2.45) is 0 Å². The van der Waals surface area contributed by atoms with Crippen molar-refractivity contribution < 1.29 is 18.8 Å². The standard InChI is InChI=1S/C24H20FN3O3S/c25-17-7-5-15(6-8-17)12-28-23(30)21(32-24(28)31)11-16-13-27(14-22(29)26-18-9-10-18)20-4-2-1-3-19(16)20/h1-8,11,13,18H,9-10,12,14H2,(H,26,29)/b21-11-. The maximum Gasteiger partial charge on any atom is 0.293 e. The Morgan fingerprint density at radius 2 is 1.88 bits per heavy atom. The summed E-state index contributed by atoms with van der Waals surface area (Å²) in [5.41, 5.74) is 2.33. The van der Waals surface area contributed by atoms with Gasteiger partial charge in [0.1, 0.15) is 12.4 Å². The van der Waals surface area contributed by atoms with Crippen molar-refractivity contribution in [1.82, 2.24) is 14.8 Å². The lowest BCUT2D eigenvalue weighted by molar-refractivity contribution is -0.123. The molecule has 2 fully saturated rings. The summed E-state index contributed by atoms with van der Waals surface area (Å²) in [7, 11) is 0. The van der Waals surface area contributed by atoms with Gasteiger partial charge in [0, 0.05) is 28.7 Å². The number of carbonyl (C=O) groups is 3. The quantitative estimate of drug-likeness (QED) is 0.570. The van der Waals surface area contributed by atoms with Gasteiger partial charge in [-0.3, -0.25) is 19.3 Å². The Balaban J connectivity index is 1.40. The summed E-state index contributed by atoms with van der Waals surface area (Å²) < 4.78 is 15.0. The number of thioether (sulfide) groups is 1. The number of benzene rings is 2. The minimum Gasteiger partial charge on any atom is -0.352 e. The topological polar surface area (TPSA) is 71.4 Å². The van der Waals surface area contributed by atoms with E-state index >= 15 is 0 Å². The second-order valence-electron chi connectivity index (χ2n) is 7.97. The summed E-state index contributed by atoms with van der Waals surface area (Å²) in [4.78, 5) is 39.2. The summed E-state index contributed by atoms with van der Waals surface area (Å²) in [6.07, 6.45) is 5.59. The van der Waals surface area contributed by atoms with Crippen molar-refractivity contribution in [3.05, 3.63) is 76.6 Å². The molecule has 2 aliphatic rings. The molecule has 6 nitrogen and oxygen atoms in total. The summed E-state index contributed by atoms with van der Waals surface area (Å²) in [5.74, 6) is -0.794. The van der Waals surface area contributed by atoms with E-state index < -0.39 is 0 Å². The van der Waals surface area contributed by atoms with Crippen LogP contribution in [0.1, 0.15) is 24.0 Å². The van der Waals surface area contributed by atoms with Gasteiger partial charge in [-0.1, -0.05) is 30.3 Å². The van der Waals surface area contributed by atoms with E-state index in [1.807, 2.05) is 35.0 Å². The van der Waals surface area contributed by atoms with E-state index in [2.05, 4.69) is 5.32 Å². The Kier molecular flexibility index (Phi) is 5.30.